The van der Waals surface area contributed by atoms with Crippen LogP contribution in [0.15, 0.2) is 30.5 Å². The Morgan fingerprint density at radius 2 is 2.17 bits per heavy atom. The summed E-state index contributed by atoms with van der Waals surface area (Å²) in [7, 11) is 0. The normalized spacial score (nSPS) is 12.7. The maximum Gasteiger partial charge on any atom is 0.305 e. The fourth-order valence-electron chi connectivity index (χ4n) is 2.34. The summed E-state index contributed by atoms with van der Waals surface area (Å²) in [5.41, 5.74) is 0.965. The lowest BCUT2D eigenvalue weighted by Crippen LogP contribution is -2.12. The molecule has 0 amide bonds. The lowest BCUT2D eigenvalue weighted by Gasteiger charge is -2.17. The highest BCUT2D eigenvalue weighted by atomic mass is 16.4. The van der Waals surface area contributed by atoms with Gasteiger partial charge in [0, 0.05) is 23.1 Å². The van der Waals surface area contributed by atoms with E-state index in [2.05, 4.69) is 0 Å². The van der Waals surface area contributed by atoms with Crippen LogP contribution in [0.25, 0.3) is 10.9 Å². The number of rotatable bonds is 5. The fourth-order valence-corrected chi connectivity index (χ4v) is 2.34. The standard InChI is InChI=1S/C14H17NO3/c1-2-3-11(9-14(17)18)15-7-6-10-8-12(16)4-5-13(10)15/h4-8,11,16H,2-3,9H2,1H3,(H,17,18). The van der Waals surface area contributed by atoms with Gasteiger partial charge in [-0.2, -0.15) is 0 Å². The predicted molar refractivity (Wildman–Crippen MR) is 69.8 cm³/mol. The number of phenols is 1. The summed E-state index contributed by atoms with van der Waals surface area (Å²) >= 11 is 0. The van der Waals surface area contributed by atoms with E-state index >= 15 is 0 Å². The number of nitrogens with zero attached hydrogens (tertiary/aromatic N) is 1. The van der Waals surface area contributed by atoms with Crippen LogP contribution >= 0.6 is 0 Å². The van der Waals surface area contributed by atoms with Crippen molar-refractivity contribution in [3.05, 3.63) is 30.5 Å². The summed E-state index contributed by atoms with van der Waals surface area (Å²) in [6, 6.07) is 7.02. The zero-order valence-corrected chi connectivity index (χ0v) is 10.3. The van der Waals surface area contributed by atoms with Gasteiger partial charge in [-0.15, -0.1) is 0 Å². The first kappa shape index (κ1) is 12.5. The molecule has 1 aromatic heterocycles. The van der Waals surface area contributed by atoms with Crippen LogP contribution in [0.5, 0.6) is 5.75 Å². The zero-order valence-electron chi connectivity index (χ0n) is 10.3. The summed E-state index contributed by atoms with van der Waals surface area (Å²) in [5.74, 6) is -0.556. The van der Waals surface area contributed by atoms with Crippen LogP contribution in [0.2, 0.25) is 0 Å². The molecular formula is C14H17NO3. The molecule has 0 aliphatic rings. The number of phenolic OH excluding ortho intramolecular Hbond substituents is 1. The first-order chi connectivity index (χ1) is 8.61. The van der Waals surface area contributed by atoms with Crippen molar-refractivity contribution in [3.8, 4) is 5.75 Å². The summed E-state index contributed by atoms with van der Waals surface area (Å²) in [5, 5.41) is 19.3. The third-order valence-corrected chi connectivity index (χ3v) is 3.13. The highest BCUT2D eigenvalue weighted by Crippen LogP contribution is 2.27. The number of hydrogen-bond acceptors (Lipinski definition) is 2. The molecule has 1 heterocycles. The van der Waals surface area contributed by atoms with Gasteiger partial charge in [0.2, 0.25) is 0 Å². The average Bonchev–Trinajstić information content (AvgIpc) is 2.70. The lowest BCUT2D eigenvalue weighted by molar-refractivity contribution is -0.137. The minimum atomic E-state index is -0.783. The van der Waals surface area contributed by atoms with E-state index in [-0.39, 0.29) is 18.2 Å². The molecule has 4 heteroatoms. The fraction of sp³-hybridized carbons (Fsp3) is 0.357. The number of carbonyl (C=O) groups is 1. The number of aromatic nitrogens is 1. The van der Waals surface area contributed by atoms with Gasteiger partial charge in [0.05, 0.1) is 6.42 Å². The van der Waals surface area contributed by atoms with Gasteiger partial charge in [-0.25, -0.2) is 0 Å². The molecule has 4 nitrogen and oxygen atoms in total. The lowest BCUT2D eigenvalue weighted by atomic mass is 10.1. The minimum absolute atomic E-state index is 0.0328. The van der Waals surface area contributed by atoms with E-state index in [1.807, 2.05) is 29.8 Å². The number of carboxylic acid groups (broad SMARTS) is 1. The van der Waals surface area contributed by atoms with Crippen molar-refractivity contribution in [2.24, 2.45) is 0 Å². The van der Waals surface area contributed by atoms with Crippen molar-refractivity contribution in [3.63, 3.8) is 0 Å². The number of aromatic hydroxyl groups is 1. The molecule has 1 unspecified atom stereocenters. The molecule has 2 N–H and O–H groups in total. The minimum Gasteiger partial charge on any atom is -0.508 e. The molecule has 1 aromatic carbocycles. The first-order valence-electron chi connectivity index (χ1n) is 6.13. The zero-order chi connectivity index (χ0) is 13.1. The van der Waals surface area contributed by atoms with Gasteiger partial charge in [0.15, 0.2) is 0 Å². The number of carboxylic acids is 1. The summed E-state index contributed by atoms with van der Waals surface area (Å²) < 4.78 is 1.99. The molecular weight excluding hydrogens is 230 g/mol. The maximum absolute atomic E-state index is 10.9. The number of aliphatic carboxylic acids is 1. The monoisotopic (exact) mass is 247 g/mol. The summed E-state index contributed by atoms with van der Waals surface area (Å²) in [6.45, 7) is 2.05. The van der Waals surface area contributed by atoms with Gasteiger partial charge in [-0.3, -0.25) is 4.79 Å². The molecule has 0 saturated heterocycles. The van der Waals surface area contributed by atoms with Crippen LogP contribution in [-0.2, 0) is 4.79 Å². The molecule has 0 radical (unpaired) electrons. The van der Waals surface area contributed by atoms with Crippen molar-refractivity contribution in [2.75, 3.05) is 0 Å². The van der Waals surface area contributed by atoms with Gasteiger partial charge in [-0.05, 0) is 30.7 Å². The molecule has 1 atom stereocenters. The van der Waals surface area contributed by atoms with Gasteiger partial charge < -0.3 is 14.8 Å². The van der Waals surface area contributed by atoms with E-state index in [0.29, 0.717) is 0 Å². The van der Waals surface area contributed by atoms with Crippen LogP contribution in [0.4, 0.5) is 0 Å². The predicted octanol–water partition coefficient (Wildman–Crippen LogP) is 3.16. The third-order valence-electron chi connectivity index (χ3n) is 3.13. The Hall–Kier alpha value is -1.97. The van der Waals surface area contributed by atoms with Crippen molar-refractivity contribution < 1.29 is 15.0 Å². The molecule has 2 rings (SSSR count). The number of fused-ring (bicyclic) bond motifs is 1. The Morgan fingerprint density at radius 1 is 1.39 bits per heavy atom. The van der Waals surface area contributed by atoms with Crippen LogP contribution in [0.3, 0.4) is 0 Å². The van der Waals surface area contributed by atoms with Crippen molar-refractivity contribution >= 4 is 16.9 Å². The van der Waals surface area contributed by atoms with Gasteiger partial charge >= 0.3 is 5.97 Å². The van der Waals surface area contributed by atoms with E-state index in [9.17, 15) is 9.90 Å². The van der Waals surface area contributed by atoms with E-state index in [0.717, 1.165) is 23.7 Å². The third kappa shape index (κ3) is 2.47. The van der Waals surface area contributed by atoms with E-state index in [4.69, 9.17) is 5.11 Å². The van der Waals surface area contributed by atoms with Crippen LogP contribution in [-0.4, -0.2) is 20.7 Å². The quantitative estimate of drug-likeness (QED) is 0.853. The SMILES string of the molecule is CCCC(CC(=O)O)n1ccc2cc(O)ccc21. The molecule has 0 spiro atoms. The second-order valence-electron chi connectivity index (χ2n) is 4.51. The van der Waals surface area contributed by atoms with Gasteiger partial charge in [0.25, 0.3) is 0 Å². The Kier molecular flexibility index (Phi) is 3.55. The first-order valence-corrected chi connectivity index (χ1v) is 6.13. The molecule has 18 heavy (non-hydrogen) atoms. The summed E-state index contributed by atoms with van der Waals surface area (Å²) in [6.07, 6.45) is 3.79. The average molecular weight is 247 g/mol. The van der Waals surface area contributed by atoms with Crippen molar-refractivity contribution in [1.82, 2.24) is 4.57 Å². The maximum atomic E-state index is 10.9. The number of hydrogen-bond donors (Lipinski definition) is 2. The Morgan fingerprint density at radius 3 is 2.83 bits per heavy atom. The van der Waals surface area contributed by atoms with Crippen LogP contribution < -0.4 is 0 Å². The number of benzene rings is 1. The Labute approximate surface area is 105 Å². The molecule has 0 aliphatic heterocycles. The van der Waals surface area contributed by atoms with Gasteiger partial charge in [0.1, 0.15) is 5.75 Å². The highest BCUT2D eigenvalue weighted by Gasteiger charge is 2.16. The molecule has 0 fully saturated rings. The Balaban J connectivity index is 2.40. The second kappa shape index (κ2) is 5.12. The van der Waals surface area contributed by atoms with E-state index in [1.165, 1.54) is 0 Å². The molecule has 0 bridgehead atoms. The van der Waals surface area contributed by atoms with Crippen LogP contribution in [0.1, 0.15) is 32.2 Å². The Bertz CT molecular complexity index is 559. The smallest absolute Gasteiger partial charge is 0.305 e. The van der Waals surface area contributed by atoms with E-state index < -0.39 is 5.97 Å². The van der Waals surface area contributed by atoms with Crippen LogP contribution in [0, 0.1) is 0 Å². The molecule has 96 valence electrons. The van der Waals surface area contributed by atoms with Gasteiger partial charge in [-0.1, -0.05) is 13.3 Å². The topological polar surface area (TPSA) is 62.5 Å². The van der Waals surface area contributed by atoms with Crippen molar-refractivity contribution in [1.29, 1.82) is 0 Å². The molecule has 0 saturated carbocycles. The van der Waals surface area contributed by atoms with E-state index in [1.54, 1.807) is 12.1 Å². The molecule has 0 aliphatic carbocycles. The second-order valence-corrected chi connectivity index (χ2v) is 4.51. The molecule has 2 aromatic rings. The largest absolute Gasteiger partial charge is 0.508 e. The van der Waals surface area contributed by atoms with Crippen molar-refractivity contribution in [2.45, 2.75) is 32.2 Å². The summed E-state index contributed by atoms with van der Waals surface area (Å²) in [4.78, 5) is 10.9. The highest BCUT2D eigenvalue weighted by molar-refractivity contribution is 5.82.